The number of carbonyl (C=O) groups is 1. The number of nitrogens with zero attached hydrogens (tertiary/aromatic N) is 3. The summed E-state index contributed by atoms with van der Waals surface area (Å²) in [5.74, 6) is 0.0707. The zero-order valence-corrected chi connectivity index (χ0v) is 12.1. The Morgan fingerprint density at radius 1 is 1.53 bits per heavy atom. The Morgan fingerprint density at radius 3 is 2.84 bits per heavy atom. The fourth-order valence-corrected chi connectivity index (χ4v) is 2.55. The molecule has 0 atom stereocenters. The highest BCUT2D eigenvalue weighted by molar-refractivity contribution is 7.09. The van der Waals surface area contributed by atoms with Gasteiger partial charge in [0.15, 0.2) is 0 Å². The summed E-state index contributed by atoms with van der Waals surface area (Å²) in [6.07, 6.45) is 1.43. The molecule has 2 heterocycles. The second kappa shape index (κ2) is 5.54. The van der Waals surface area contributed by atoms with Crippen LogP contribution in [0.3, 0.4) is 0 Å². The zero-order chi connectivity index (χ0) is 14.0. The summed E-state index contributed by atoms with van der Waals surface area (Å²) in [5, 5.41) is 0.285. The molecular formula is C12H13ClN4OS. The third-order valence-electron chi connectivity index (χ3n) is 2.69. The first-order valence-electron chi connectivity index (χ1n) is 5.54. The largest absolute Gasteiger partial charge is 0.382 e. The Bertz CT molecular complexity index is 614. The number of halogens is 1. The standard InChI is InChI=1S/C12H13ClN4OS/c1-7-10(19-6-16-7)5-17(2)12(18)8-3-9(13)11(14)15-4-8/h3-4,6H,5H2,1-2H3,(H2,14,15). The Hall–Kier alpha value is -1.66. The van der Waals surface area contributed by atoms with Gasteiger partial charge < -0.3 is 10.6 Å². The maximum atomic E-state index is 12.2. The van der Waals surface area contributed by atoms with Gasteiger partial charge in [-0.15, -0.1) is 11.3 Å². The van der Waals surface area contributed by atoms with E-state index in [1.807, 2.05) is 6.92 Å². The molecule has 0 aliphatic heterocycles. The van der Waals surface area contributed by atoms with E-state index in [4.69, 9.17) is 17.3 Å². The number of thiazole rings is 1. The van der Waals surface area contributed by atoms with Gasteiger partial charge in [0, 0.05) is 18.1 Å². The molecule has 5 nitrogen and oxygen atoms in total. The van der Waals surface area contributed by atoms with Crippen LogP contribution in [0.25, 0.3) is 0 Å². The minimum atomic E-state index is -0.151. The van der Waals surface area contributed by atoms with Gasteiger partial charge in [0.05, 0.1) is 28.3 Å². The SMILES string of the molecule is Cc1ncsc1CN(C)C(=O)c1cnc(N)c(Cl)c1. The molecule has 0 saturated heterocycles. The number of nitrogens with two attached hydrogens (primary N) is 1. The van der Waals surface area contributed by atoms with Crippen molar-refractivity contribution in [3.05, 3.63) is 38.9 Å². The summed E-state index contributed by atoms with van der Waals surface area (Å²) in [6, 6.07) is 1.53. The summed E-state index contributed by atoms with van der Waals surface area (Å²) >= 11 is 7.39. The normalized spacial score (nSPS) is 10.5. The van der Waals surface area contributed by atoms with E-state index in [0.717, 1.165) is 10.6 Å². The summed E-state index contributed by atoms with van der Waals surface area (Å²) in [4.78, 5) is 22.9. The van der Waals surface area contributed by atoms with Gasteiger partial charge in [-0.2, -0.15) is 0 Å². The first kappa shape index (κ1) is 13.8. The predicted octanol–water partition coefficient (Wildman–Crippen LogP) is 2.35. The zero-order valence-electron chi connectivity index (χ0n) is 10.6. The van der Waals surface area contributed by atoms with Gasteiger partial charge in [-0.05, 0) is 13.0 Å². The molecule has 100 valence electrons. The average molecular weight is 297 g/mol. The molecule has 1 amide bonds. The highest BCUT2D eigenvalue weighted by Crippen LogP contribution is 2.19. The monoisotopic (exact) mass is 296 g/mol. The molecule has 0 unspecified atom stereocenters. The van der Waals surface area contributed by atoms with E-state index in [1.54, 1.807) is 17.5 Å². The van der Waals surface area contributed by atoms with Crippen molar-refractivity contribution in [2.45, 2.75) is 13.5 Å². The first-order chi connectivity index (χ1) is 8.99. The average Bonchev–Trinajstić information content (AvgIpc) is 2.77. The number of nitrogen functional groups attached to an aromatic ring is 1. The number of aryl methyl sites for hydroxylation is 1. The number of hydrogen-bond donors (Lipinski definition) is 1. The lowest BCUT2D eigenvalue weighted by Crippen LogP contribution is -2.26. The van der Waals surface area contributed by atoms with E-state index in [2.05, 4.69) is 9.97 Å². The van der Waals surface area contributed by atoms with Crippen LogP contribution in [-0.4, -0.2) is 27.8 Å². The third-order valence-corrected chi connectivity index (χ3v) is 3.91. The number of hydrogen-bond acceptors (Lipinski definition) is 5. The molecule has 2 rings (SSSR count). The van der Waals surface area contributed by atoms with Crippen molar-refractivity contribution >= 4 is 34.7 Å². The van der Waals surface area contributed by atoms with Gasteiger partial charge in [-0.3, -0.25) is 4.79 Å². The Kier molecular flexibility index (Phi) is 4.01. The Balaban J connectivity index is 2.15. The number of pyridine rings is 1. The molecule has 0 fully saturated rings. The van der Waals surface area contributed by atoms with E-state index >= 15 is 0 Å². The maximum absolute atomic E-state index is 12.2. The van der Waals surface area contributed by atoms with Crippen molar-refractivity contribution < 1.29 is 4.79 Å². The summed E-state index contributed by atoms with van der Waals surface area (Å²) in [6.45, 7) is 2.43. The number of carbonyl (C=O) groups excluding carboxylic acids is 1. The van der Waals surface area contributed by atoms with Gasteiger partial charge in [-0.25, -0.2) is 9.97 Å². The fraction of sp³-hybridized carbons (Fsp3) is 0.250. The van der Waals surface area contributed by atoms with Gasteiger partial charge in [0.1, 0.15) is 5.82 Å². The molecular weight excluding hydrogens is 284 g/mol. The van der Waals surface area contributed by atoms with Crippen LogP contribution in [0.4, 0.5) is 5.82 Å². The molecule has 2 aromatic heterocycles. The maximum Gasteiger partial charge on any atom is 0.255 e. The van der Waals surface area contributed by atoms with Crippen LogP contribution in [0.15, 0.2) is 17.8 Å². The van der Waals surface area contributed by atoms with E-state index in [1.165, 1.54) is 23.6 Å². The molecule has 2 aromatic rings. The van der Waals surface area contributed by atoms with Crippen molar-refractivity contribution in [2.24, 2.45) is 0 Å². The fourth-order valence-electron chi connectivity index (χ4n) is 1.55. The second-order valence-corrected chi connectivity index (χ2v) is 5.46. The van der Waals surface area contributed by atoms with Crippen LogP contribution in [-0.2, 0) is 6.54 Å². The molecule has 0 aliphatic rings. The van der Waals surface area contributed by atoms with Crippen LogP contribution in [0.2, 0.25) is 5.02 Å². The van der Waals surface area contributed by atoms with Crippen LogP contribution in [0, 0.1) is 6.92 Å². The van der Waals surface area contributed by atoms with Crippen LogP contribution < -0.4 is 5.73 Å². The minimum absolute atomic E-state index is 0.151. The number of amides is 1. The lowest BCUT2D eigenvalue weighted by Gasteiger charge is -2.16. The van der Waals surface area contributed by atoms with Crippen molar-refractivity contribution in [1.29, 1.82) is 0 Å². The topological polar surface area (TPSA) is 72.1 Å². The summed E-state index contributed by atoms with van der Waals surface area (Å²) < 4.78 is 0. The summed E-state index contributed by atoms with van der Waals surface area (Å²) in [7, 11) is 1.73. The number of anilines is 1. The quantitative estimate of drug-likeness (QED) is 0.943. The lowest BCUT2D eigenvalue weighted by molar-refractivity contribution is 0.0786. The van der Waals surface area contributed by atoms with Crippen LogP contribution in [0.5, 0.6) is 0 Å². The number of aromatic nitrogens is 2. The van der Waals surface area contributed by atoms with Gasteiger partial charge in [0.25, 0.3) is 5.91 Å². The van der Waals surface area contributed by atoms with Crippen molar-refractivity contribution in [3.8, 4) is 0 Å². The van der Waals surface area contributed by atoms with Crippen LogP contribution in [0.1, 0.15) is 20.9 Å². The molecule has 7 heteroatoms. The second-order valence-electron chi connectivity index (χ2n) is 4.11. The molecule has 0 aromatic carbocycles. The summed E-state index contributed by atoms with van der Waals surface area (Å²) in [5.41, 5.74) is 8.65. The van der Waals surface area contributed by atoms with Gasteiger partial charge >= 0.3 is 0 Å². The molecule has 0 aliphatic carbocycles. The third kappa shape index (κ3) is 3.02. The minimum Gasteiger partial charge on any atom is -0.382 e. The van der Waals surface area contributed by atoms with Gasteiger partial charge in [0.2, 0.25) is 0 Å². The first-order valence-corrected chi connectivity index (χ1v) is 6.80. The lowest BCUT2D eigenvalue weighted by atomic mass is 10.2. The molecule has 19 heavy (non-hydrogen) atoms. The van der Waals surface area contributed by atoms with E-state index in [0.29, 0.717) is 12.1 Å². The van der Waals surface area contributed by atoms with Crippen molar-refractivity contribution in [3.63, 3.8) is 0 Å². The molecule has 0 radical (unpaired) electrons. The van der Waals surface area contributed by atoms with Crippen molar-refractivity contribution in [2.75, 3.05) is 12.8 Å². The van der Waals surface area contributed by atoms with Gasteiger partial charge in [-0.1, -0.05) is 11.6 Å². The van der Waals surface area contributed by atoms with E-state index in [9.17, 15) is 4.79 Å². The molecule has 2 N–H and O–H groups in total. The smallest absolute Gasteiger partial charge is 0.255 e. The van der Waals surface area contributed by atoms with Crippen molar-refractivity contribution in [1.82, 2.24) is 14.9 Å². The van der Waals surface area contributed by atoms with E-state index in [-0.39, 0.29) is 16.7 Å². The molecule has 0 saturated carbocycles. The molecule has 0 bridgehead atoms. The highest BCUT2D eigenvalue weighted by Gasteiger charge is 2.15. The van der Waals surface area contributed by atoms with E-state index < -0.39 is 0 Å². The Morgan fingerprint density at radius 2 is 2.26 bits per heavy atom. The van der Waals surface area contributed by atoms with Crippen LogP contribution >= 0.6 is 22.9 Å². The molecule has 0 spiro atoms. The predicted molar refractivity (Wildman–Crippen MR) is 76.3 cm³/mol. The Labute approximate surface area is 120 Å². The highest BCUT2D eigenvalue weighted by atomic mass is 35.5. The number of rotatable bonds is 3.